The molecule has 1 amide bonds. The molecule has 0 spiro atoms. The normalized spacial score (nSPS) is 20.2. The van der Waals surface area contributed by atoms with Crippen molar-refractivity contribution in [3.63, 3.8) is 0 Å². The summed E-state index contributed by atoms with van der Waals surface area (Å²) in [5.41, 5.74) is 1.02. The quantitative estimate of drug-likeness (QED) is 0.842. The first-order chi connectivity index (χ1) is 9.76. The van der Waals surface area contributed by atoms with E-state index < -0.39 is 5.92 Å². The Kier molecular flexibility index (Phi) is 5.14. The van der Waals surface area contributed by atoms with Crippen LogP contribution in [-0.4, -0.2) is 36.6 Å². The molecule has 1 saturated heterocycles. The number of nitrogens with zero attached hydrogens (tertiary/aromatic N) is 2. The van der Waals surface area contributed by atoms with Gasteiger partial charge < -0.3 is 9.64 Å². The van der Waals surface area contributed by atoms with Crippen LogP contribution in [-0.2, 0) is 16.0 Å². The Morgan fingerprint density at radius 3 is 2.90 bits per heavy atom. The molecule has 1 fully saturated rings. The van der Waals surface area contributed by atoms with Crippen molar-refractivity contribution in [3.8, 4) is 6.07 Å². The lowest BCUT2D eigenvalue weighted by molar-refractivity contribution is -0.142. The van der Waals surface area contributed by atoms with Gasteiger partial charge in [-0.15, -0.1) is 0 Å². The lowest BCUT2D eigenvalue weighted by Crippen LogP contribution is -2.50. The summed E-state index contributed by atoms with van der Waals surface area (Å²) in [4.78, 5) is 14.4. The first kappa shape index (κ1) is 14.5. The molecular formula is C16H20N2O2. The fourth-order valence-electron chi connectivity index (χ4n) is 2.52. The molecule has 2 unspecified atom stereocenters. The van der Waals surface area contributed by atoms with Crippen LogP contribution >= 0.6 is 0 Å². The molecule has 106 valence electrons. The zero-order valence-electron chi connectivity index (χ0n) is 11.8. The summed E-state index contributed by atoms with van der Waals surface area (Å²) in [6.07, 6.45) is 1.33. The maximum atomic E-state index is 12.6. The molecule has 0 bridgehead atoms. The van der Waals surface area contributed by atoms with Gasteiger partial charge in [0, 0.05) is 6.54 Å². The molecule has 2 rings (SSSR count). The van der Waals surface area contributed by atoms with E-state index in [2.05, 4.69) is 6.07 Å². The molecule has 1 aromatic rings. The second-order valence-electron chi connectivity index (χ2n) is 5.04. The number of carbonyl (C=O) groups excluding carboxylic acids is 1. The largest absolute Gasteiger partial charge is 0.377 e. The second-order valence-corrected chi connectivity index (χ2v) is 5.04. The lowest BCUT2D eigenvalue weighted by atomic mass is 9.98. The third-order valence-corrected chi connectivity index (χ3v) is 3.72. The average molecular weight is 272 g/mol. The standard InChI is InChI=1S/C16H20N2O2/c1-2-15-12-20-9-8-18(15)16(19)14(11-17)10-13-6-4-3-5-7-13/h3-7,14-15H,2,8-10,12H2,1H3. The maximum Gasteiger partial charge on any atom is 0.240 e. The van der Waals surface area contributed by atoms with E-state index >= 15 is 0 Å². The lowest BCUT2D eigenvalue weighted by Gasteiger charge is -2.36. The van der Waals surface area contributed by atoms with Crippen molar-refractivity contribution in [1.29, 1.82) is 5.26 Å². The van der Waals surface area contributed by atoms with Gasteiger partial charge in [-0.2, -0.15) is 5.26 Å². The molecule has 20 heavy (non-hydrogen) atoms. The zero-order valence-corrected chi connectivity index (χ0v) is 11.8. The Morgan fingerprint density at radius 1 is 1.50 bits per heavy atom. The summed E-state index contributed by atoms with van der Waals surface area (Å²) in [6.45, 7) is 3.76. The molecule has 1 aliphatic rings. The van der Waals surface area contributed by atoms with Crippen LogP contribution in [0.2, 0.25) is 0 Å². The summed E-state index contributed by atoms with van der Waals surface area (Å²) >= 11 is 0. The number of nitriles is 1. The smallest absolute Gasteiger partial charge is 0.240 e. The van der Waals surface area contributed by atoms with Crippen LogP contribution in [0.25, 0.3) is 0 Å². The van der Waals surface area contributed by atoms with Crippen molar-refractivity contribution in [1.82, 2.24) is 4.90 Å². The van der Waals surface area contributed by atoms with Gasteiger partial charge in [-0.3, -0.25) is 4.79 Å². The number of amides is 1. The first-order valence-corrected chi connectivity index (χ1v) is 7.08. The van der Waals surface area contributed by atoms with Crippen molar-refractivity contribution in [2.45, 2.75) is 25.8 Å². The minimum Gasteiger partial charge on any atom is -0.377 e. The van der Waals surface area contributed by atoms with E-state index in [1.54, 1.807) is 0 Å². The predicted molar refractivity (Wildman–Crippen MR) is 75.9 cm³/mol. The number of rotatable bonds is 4. The Hall–Kier alpha value is -1.86. The molecule has 1 aliphatic heterocycles. The van der Waals surface area contributed by atoms with E-state index in [0.717, 1.165) is 12.0 Å². The number of hydrogen-bond donors (Lipinski definition) is 0. The van der Waals surface area contributed by atoms with Gasteiger partial charge in [0.05, 0.1) is 25.3 Å². The van der Waals surface area contributed by atoms with Crippen molar-refractivity contribution >= 4 is 5.91 Å². The number of carbonyl (C=O) groups is 1. The monoisotopic (exact) mass is 272 g/mol. The van der Waals surface area contributed by atoms with Crippen molar-refractivity contribution in [2.24, 2.45) is 5.92 Å². The van der Waals surface area contributed by atoms with Gasteiger partial charge in [-0.25, -0.2) is 0 Å². The summed E-state index contributed by atoms with van der Waals surface area (Å²) in [6, 6.07) is 12.0. The molecule has 0 radical (unpaired) electrons. The highest BCUT2D eigenvalue weighted by molar-refractivity contribution is 5.82. The maximum absolute atomic E-state index is 12.6. The minimum atomic E-state index is -0.607. The van der Waals surface area contributed by atoms with Gasteiger partial charge in [-0.1, -0.05) is 37.3 Å². The molecule has 0 saturated carbocycles. The Balaban J connectivity index is 2.07. The van der Waals surface area contributed by atoms with Crippen LogP contribution in [0.15, 0.2) is 30.3 Å². The fraction of sp³-hybridized carbons (Fsp3) is 0.500. The Bertz CT molecular complexity index is 481. The van der Waals surface area contributed by atoms with Crippen LogP contribution in [0.4, 0.5) is 0 Å². The number of ether oxygens (including phenoxy) is 1. The molecule has 0 N–H and O–H groups in total. The summed E-state index contributed by atoms with van der Waals surface area (Å²) < 4.78 is 5.41. The third kappa shape index (κ3) is 3.37. The van der Waals surface area contributed by atoms with Crippen LogP contribution in [0.5, 0.6) is 0 Å². The molecule has 4 heteroatoms. The fourth-order valence-corrected chi connectivity index (χ4v) is 2.52. The molecule has 1 aromatic carbocycles. The highest BCUT2D eigenvalue weighted by Gasteiger charge is 2.31. The van der Waals surface area contributed by atoms with Gasteiger partial charge >= 0.3 is 0 Å². The third-order valence-electron chi connectivity index (χ3n) is 3.72. The van der Waals surface area contributed by atoms with Gasteiger partial charge in [-0.05, 0) is 18.4 Å². The van der Waals surface area contributed by atoms with Crippen LogP contribution in [0.3, 0.4) is 0 Å². The second kappa shape index (κ2) is 7.06. The van der Waals surface area contributed by atoms with Crippen molar-refractivity contribution in [2.75, 3.05) is 19.8 Å². The van der Waals surface area contributed by atoms with Gasteiger partial charge in [0.25, 0.3) is 0 Å². The molecule has 1 heterocycles. The van der Waals surface area contributed by atoms with Crippen molar-refractivity contribution < 1.29 is 9.53 Å². The number of benzene rings is 1. The predicted octanol–water partition coefficient (Wildman–Crippen LogP) is 2.01. The topological polar surface area (TPSA) is 53.3 Å². The Labute approximate surface area is 120 Å². The highest BCUT2D eigenvalue weighted by Crippen LogP contribution is 2.17. The van der Waals surface area contributed by atoms with E-state index in [-0.39, 0.29) is 11.9 Å². The van der Waals surface area contributed by atoms with Crippen LogP contribution in [0, 0.1) is 17.2 Å². The Morgan fingerprint density at radius 2 is 2.25 bits per heavy atom. The van der Waals surface area contributed by atoms with Gasteiger partial charge in [0.1, 0.15) is 5.92 Å². The molecule has 4 nitrogen and oxygen atoms in total. The highest BCUT2D eigenvalue weighted by atomic mass is 16.5. The molecule has 0 aromatic heterocycles. The summed E-state index contributed by atoms with van der Waals surface area (Å²) in [5, 5.41) is 9.32. The van der Waals surface area contributed by atoms with Crippen LogP contribution in [0.1, 0.15) is 18.9 Å². The molecule has 0 aliphatic carbocycles. The van der Waals surface area contributed by atoms with Gasteiger partial charge in [0.2, 0.25) is 5.91 Å². The van der Waals surface area contributed by atoms with E-state index in [0.29, 0.717) is 26.2 Å². The van der Waals surface area contributed by atoms with E-state index in [9.17, 15) is 10.1 Å². The molecular weight excluding hydrogens is 252 g/mol. The number of hydrogen-bond acceptors (Lipinski definition) is 3. The SMILES string of the molecule is CCC1COCCN1C(=O)C(C#N)Cc1ccccc1. The average Bonchev–Trinajstić information content (AvgIpc) is 2.53. The number of morpholine rings is 1. The minimum absolute atomic E-state index is 0.0634. The zero-order chi connectivity index (χ0) is 14.4. The van der Waals surface area contributed by atoms with Crippen molar-refractivity contribution in [3.05, 3.63) is 35.9 Å². The summed E-state index contributed by atoms with van der Waals surface area (Å²) in [5.74, 6) is -0.670. The van der Waals surface area contributed by atoms with E-state index in [1.165, 1.54) is 0 Å². The van der Waals surface area contributed by atoms with Crippen LogP contribution < -0.4 is 0 Å². The summed E-state index contributed by atoms with van der Waals surface area (Å²) in [7, 11) is 0. The molecule has 2 atom stereocenters. The first-order valence-electron chi connectivity index (χ1n) is 7.08. The van der Waals surface area contributed by atoms with E-state index in [1.807, 2.05) is 42.2 Å². The van der Waals surface area contributed by atoms with E-state index in [4.69, 9.17) is 4.74 Å². The van der Waals surface area contributed by atoms with Gasteiger partial charge in [0.15, 0.2) is 0 Å².